The highest BCUT2D eigenvalue weighted by Gasteiger charge is 2.50. The van der Waals surface area contributed by atoms with Gasteiger partial charge in [-0.05, 0) is 45.9 Å². The van der Waals surface area contributed by atoms with Gasteiger partial charge in [-0.2, -0.15) is 5.10 Å². The Morgan fingerprint density at radius 1 is 0.882 bits per heavy atom. The Morgan fingerprint density at radius 3 is 2.15 bits per heavy atom. The standard InChI is InChI=1S/C51H64N4O13/c1-25-16-15-17-26(2)49(63)53-40-35(22-52-54-23-27(3)55(28(4)24-54)50(64)34-18-13-12-14-19-34)44(60)37-38(45(40)61)43(59)32(8)47-39(37)48(62)51(10,68-47)66-21-20-36(65-11)29(5)46(67-33(9)56)31(7)42(58)30(6)41(25)57/h12-22,25,27-31,36,41-42,46,57-61H,23-24H2,1-11H3,(H,53,63)/t25-,27-,28+,29+,30-,31-,36+,41-,42-,46-,51-/m0/s1. The maximum Gasteiger partial charge on any atom is 0.312 e. The zero-order valence-corrected chi connectivity index (χ0v) is 40.4. The number of allylic oxidation sites excluding steroid dienone is 2. The van der Waals surface area contributed by atoms with Crippen LogP contribution in [0.15, 0.2) is 71.6 Å². The van der Waals surface area contributed by atoms with Crippen molar-refractivity contribution in [3.63, 3.8) is 0 Å². The number of ketones is 1. The smallest absolute Gasteiger partial charge is 0.312 e. The molecule has 3 aromatic carbocycles. The number of amides is 2. The summed E-state index contributed by atoms with van der Waals surface area (Å²) in [5.74, 6) is -8.94. The number of aliphatic hydroxyl groups is 2. The van der Waals surface area contributed by atoms with Gasteiger partial charge in [0, 0.05) is 78.8 Å². The molecule has 6 N–H and O–H groups in total. The van der Waals surface area contributed by atoms with Gasteiger partial charge in [0.25, 0.3) is 17.6 Å². The number of carbonyl (C=O) groups excluding carboxylic acids is 4. The lowest BCUT2D eigenvalue weighted by molar-refractivity contribution is -0.160. The van der Waals surface area contributed by atoms with E-state index in [-0.39, 0.29) is 75.6 Å². The number of nitrogens with zero attached hydrogens (tertiary/aromatic N) is 3. The number of anilines is 1. The van der Waals surface area contributed by atoms with Crippen molar-refractivity contribution in [1.29, 1.82) is 0 Å². The van der Waals surface area contributed by atoms with Crippen LogP contribution in [0.1, 0.15) is 94.2 Å². The summed E-state index contributed by atoms with van der Waals surface area (Å²) in [6.07, 6.45) is 4.62. The number of piperazine rings is 1. The minimum absolute atomic E-state index is 0.0221. The first-order valence-corrected chi connectivity index (χ1v) is 22.8. The third kappa shape index (κ3) is 9.78. The van der Waals surface area contributed by atoms with E-state index in [1.165, 1.54) is 59.4 Å². The first-order chi connectivity index (χ1) is 32.0. The Labute approximate surface area is 396 Å². The van der Waals surface area contributed by atoms with Crippen LogP contribution in [0.5, 0.6) is 23.0 Å². The summed E-state index contributed by atoms with van der Waals surface area (Å²) >= 11 is 0. The Kier molecular flexibility index (Phi) is 15.3. The van der Waals surface area contributed by atoms with Crippen molar-refractivity contribution in [3.8, 4) is 23.0 Å². The minimum Gasteiger partial charge on any atom is -0.507 e. The maximum atomic E-state index is 14.6. The average molecular weight is 941 g/mol. The van der Waals surface area contributed by atoms with Crippen molar-refractivity contribution >= 4 is 46.2 Å². The number of phenols is 3. The Hall–Kier alpha value is -6.43. The van der Waals surface area contributed by atoms with Crippen LogP contribution in [0.2, 0.25) is 0 Å². The number of esters is 1. The average Bonchev–Trinajstić information content (AvgIpc) is 3.56. The van der Waals surface area contributed by atoms with Gasteiger partial charge in [0.15, 0.2) is 5.75 Å². The van der Waals surface area contributed by atoms with Crippen LogP contribution in [-0.4, -0.2) is 128 Å². The molecule has 0 radical (unpaired) electrons. The van der Waals surface area contributed by atoms with Gasteiger partial charge in [-0.15, -0.1) is 0 Å². The molecule has 0 spiro atoms. The van der Waals surface area contributed by atoms with Crippen molar-refractivity contribution in [2.75, 3.05) is 25.5 Å². The van der Waals surface area contributed by atoms with Gasteiger partial charge < -0.3 is 54.7 Å². The Balaban J connectivity index is 1.48. The van der Waals surface area contributed by atoms with Gasteiger partial charge >= 0.3 is 11.8 Å². The van der Waals surface area contributed by atoms with Crippen LogP contribution < -0.4 is 10.1 Å². The number of fused-ring (bicyclic) bond motifs is 14. The van der Waals surface area contributed by atoms with Gasteiger partial charge in [0.05, 0.1) is 66.1 Å². The number of phenolic OH excluding ortho intramolecular Hbond substituents is 3. The molecule has 0 aliphatic carbocycles. The predicted octanol–water partition coefficient (Wildman–Crippen LogP) is 6.32. The molecule has 5 bridgehead atoms. The number of carbonyl (C=O) groups is 4. The van der Waals surface area contributed by atoms with Crippen molar-refractivity contribution in [3.05, 3.63) is 88.7 Å². The SMILES string of the molecule is CO[C@@H]1C=CO[C@@]2(C)Oc3c(C)c(O)c4c(O)c(c(C=NN5C[C@@H](C)N(C(=O)c6ccccc6)[C@@H](C)C5)c(O)c4c3C2=O)NC(=O)C(C)=CC=C[C@H](C)[C@H](O)[C@H](C)[C@H](O)[C@H](C)[C@@H](OC(C)=O)[C@@H]1C. The highest BCUT2D eigenvalue weighted by Crippen LogP contribution is 2.55. The molecule has 0 saturated carbocycles. The molecule has 0 unspecified atom stereocenters. The molecule has 0 aromatic heterocycles. The van der Waals surface area contributed by atoms with Crippen molar-refractivity contribution in [2.45, 2.75) is 112 Å². The number of benzene rings is 3. The molecule has 4 heterocycles. The summed E-state index contributed by atoms with van der Waals surface area (Å²) in [4.78, 5) is 56.3. The van der Waals surface area contributed by atoms with Gasteiger partial charge in [-0.1, -0.05) is 64.1 Å². The Morgan fingerprint density at radius 2 is 1.53 bits per heavy atom. The minimum atomic E-state index is -2.09. The fourth-order valence-electron chi connectivity index (χ4n) is 9.53. The topological polar surface area (TPSA) is 237 Å². The first-order valence-electron chi connectivity index (χ1n) is 22.8. The summed E-state index contributed by atoms with van der Waals surface area (Å²) in [5.41, 5.74) is -0.0701. The van der Waals surface area contributed by atoms with Gasteiger partial charge in [-0.25, -0.2) is 0 Å². The normalized spacial score (nSPS) is 29.5. The van der Waals surface area contributed by atoms with E-state index in [0.717, 1.165) is 0 Å². The van der Waals surface area contributed by atoms with E-state index in [1.54, 1.807) is 74.0 Å². The number of hydrogen-bond acceptors (Lipinski definition) is 15. The lowest BCUT2D eigenvalue weighted by Crippen LogP contribution is -2.57. The van der Waals surface area contributed by atoms with Crippen molar-refractivity contribution in [1.82, 2.24) is 9.91 Å². The number of Topliss-reactive ketones (excluding diaryl/α,β-unsaturated/α-hetero) is 1. The molecular weight excluding hydrogens is 877 g/mol. The molecule has 2 amide bonds. The lowest BCUT2D eigenvalue weighted by Gasteiger charge is -2.43. The molecule has 4 aliphatic rings. The largest absolute Gasteiger partial charge is 0.507 e. The van der Waals surface area contributed by atoms with Crippen molar-refractivity contribution < 1.29 is 63.7 Å². The van der Waals surface area contributed by atoms with E-state index in [1.807, 2.05) is 19.9 Å². The van der Waals surface area contributed by atoms with E-state index < -0.39 is 88.8 Å². The van der Waals surface area contributed by atoms with Gasteiger partial charge in [0.2, 0.25) is 0 Å². The summed E-state index contributed by atoms with van der Waals surface area (Å²) in [5, 5.41) is 67.6. The monoisotopic (exact) mass is 940 g/mol. The maximum absolute atomic E-state index is 14.6. The summed E-state index contributed by atoms with van der Waals surface area (Å²) in [7, 11) is 1.43. The second-order valence-electron chi connectivity index (χ2n) is 18.5. The quantitative estimate of drug-likeness (QED) is 0.0711. The second kappa shape index (κ2) is 20.4. The molecule has 1 fully saturated rings. The molecule has 68 heavy (non-hydrogen) atoms. The van der Waals surface area contributed by atoms with E-state index >= 15 is 0 Å². The summed E-state index contributed by atoms with van der Waals surface area (Å²) < 4.78 is 23.7. The van der Waals surface area contributed by atoms with Crippen LogP contribution in [0.4, 0.5) is 5.69 Å². The third-order valence-corrected chi connectivity index (χ3v) is 13.5. The highest BCUT2D eigenvalue weighted by atomic mass is 16.7. The molecule has 7 rings (SSSR count). The van der Waals surface area contributed by atoms with Gasteiger partial charge in [-0.3, -0.25) is 24.2 Å². The molecular formula is C51H64N4O13. The highest BCUT2D eigenvalue weighted by molar-refractivity contribution is 6.24. The van der Waals surface area contributed by atoms with Crippen molar-refractivity contribution in [2.24, 2.45) is 28.8 Å². The molecule has 366 valence electrons. The molecule has 17 nitrogen and oxygen atoms in total. The number of aliphatic hydroxyl groups excluding tert-OH is 2. The molecule has 1 saturated heterocycles. The summed E-state index contributed by atoms with van der Waals surface area (Å²) in [6.45, 7) is 16.8. The van der Waals surface area contributed by atoms with E-state index in [2.05, 4.69) is 10.4 Å². The number of aromatic hydroxyl groups is 3. The van der Waals surface area contributed by atoms with Crippen LogP contribution in [0.25, 0.3) is 10.8 Å². The molecule has 3 aromatic rings. The van der Waals surface area contributed by atoms with Gasteiger partial charge in [0.1, 0.15) is 23.4 Å². The fraction of sp³-hybridized carbons (Fsp3) is 0.471. The van der Waals surface area contributed by atoms with Crippen LogP contribution in [0.3, 0.4) is 0 Å². The zero-order valence-electron chi connectivity index (χ0n) is 40.4. The number of nitrogens with one attached hydrogen (secondary N) is 1. The number of hydrogen-bond donors (Lipinski definition) is 6. The Bertz CT molecular complexity index is 2550. The van der Waals surface area contributed by atoms with E-state index in [0.29, 0.717) is 5.56 Å². The van der Waals surface area contributed by atoms with Crippen LogP contribution in [0, 0.1) is 30.6 Å². The van der Waals surface area contributed by atoms with E-state index in [9.17, 15) is 44.7 Å². The van der Waals surface area contributed by atoms with Crippen LogP contribution in [-0.2, 0) is 23.8 Å². The lowest BCUT2D eigenvalue weighted by atomic mass is 9.78. The number of rotatable bonds is 5. The first kappa shape index (κ1) is 51.0. The molecule has 17 heteroatoms. The zero-order chi connectivity index (χ0) is 50.1. The molecule has 4 aliphatic heterocycles. The number of ether oxygens (including phenoxy) is 4. The molecule has 11 atom stereocenters. The summed E-state index contributed by atoms with van der Waals surface area (Å²) in [6, 6.07) is 8.30. The number of hydrazone groups is 1. The van der Waals surface area contributed by atoms with Crippen LogP contribution >= 0.6 is 0 Å². The third-order valence-electron chi connectivity index (χ3n) is 13.5. The predicted molar refractivity (Wildman–Crippen MR) is 255 cm³/mol. The van der Waals surface area contributed by atoms with E-state index in [4.69, 9.17) is 18.9 Å². The second-order valence-corrected chi connectivity index (χ2v) is 18.5. The fourth-order valence-corrected chi connectivity index (χ4v) is 9.53. The number of methoxy groups -OCH3 is 1.